The van der Waals surface area contributed by atoms with Crippen molar-refractivity contribution in [2.24, 2.45) is 5.92 Å². The predicted octanol–water partition coefficient (Wildman–Crippen LogP) is 1.71. The molecule has 0 aliphatic carbocycles. The molecule has 2 rings (SSSR count). The maximum absolute atomic E-state index is 13.3. The van der Waals surface area contributed by atoms with Crippen molar-refractivity contribution in [3.05, 3.63) is 35.4 Å². The molecule has 110 valence electrons. The van der Waals surface area contributed by atoms with E-state index in [4.69, 9.17) is 4.74 Å². The van der Waals surface area contributed by atoms with Crippen LogP contribution in [-0.2, 0) is 9.53 Å². The van der Waals surface area contributed by atoms with E-state index in [1.54, 1.807) is 7.11 Å². The highest BCUT2D eigenvalue weighted by Crippen LogP contribution is 2.33. The summed E-state index contributed by atoms with van der Waals surface area (Å²) in [5, 5.41) is 9.29. The molecule has 1 fully saturated rings. The lowest BCUT2D eigenvalue weighted by Gasteiger charge is -2.16. The Balaban J connectivity index is 2.18. The number of methoxy groups -OCH3 is 1. The fourth-order valence-corrected chi connectivity index (χ4v) is 2.62. The lowest BCUT2D eigenvalue weighted by molar-refractivity contribution is -0.141. The van der Waals surface area contributed by atoms with E-state index in [2.05, 4.69) is 0 Å². The molecule has 0 bridgehead atoms. The molecule has 0 aromatic heterocycles. The molecule has 6 heteroatoms. The van der Waals surface area contributed by atoms with Crippen molar-refractivity contribution in [1.29, 1.82) is 0 Å². The minimum atomic E-state index is -0.943. The highest BCUT2D eigenvalue weighted by molar-refractivity contribution is 5.72. The summed E-state index contributed by atoms with van der Waals surface area (Å²) < 4.78 is 31.2. The van der Waals surface area contributed by atoms with Gasteiger partial charge in [0.1, 0.15) is 0 Å². The molecule has 1 aliphatic heterocycles. The molecule has 1 aromatic rings. The third-order valence-corrected chi connectivity index (χ3v) is 3.70. The summed E-state index contributed by atoms with van der Waals surface area (Å²) in [5.41, 5.74) is 0.524. The molecule has 1 N–H and O–H groups in total. The Morgan fingerprint density at radius 3 is 2.75 bits per heavy atom. The van der Waals surface area contributed by atoms with E-state index < -0.39 is 23.5 Å². The third-order valence-electron chi connectivity index (χ3n) is 3.70. The molecule has 0 amide bonds. The second-order valence-corrected chi connectivity index (χ2v) is 4.98. The minimum absolute atomic E-state index is 0.334. The van der Waals surface area contributed by atoms with Crippen molar-refractivity contribution in [2.45, 2.75) is 5.92 Å². The van der Waals surface area contributed by atoms with Gasteiger partial charge in [-0.05, 0) is 17.7 Å². The average Bonchev–Trinajstić information content (AvgIpc) is 2.84. The number of aliphatic carboxylic acids is 1. The summed E-state index contributed by atoms with van der Waals surface area (Å²) in [5.74, 6) is -3.73. The predicted molar refractivity (Wildman–Crippen MR) is 68.5 cm³/mol. The van der Waals surface area contributed by atoms with Gasteiger partial charge in [-0.3, -0.25) is 9.69 Å². The topological polar surface area (TPSA) is 49.8 Å². The van der Waals surface area contributed by atoms with Crippen molar-refractivity contribution in [3.8, 4) is 0 Å². The van der Waals surface area contributed by atoms with E-state index in [0.29, 0.717) is 31.8 Å². The zero-order valence-electron chi connectivity index (χ0n) is 11.2. The smallest absolute Gasteiger partial charge is 0.308 e. The number of carboxylic acids is 1. The van der Waals surface area contributed by atoms with Gasteiger partial charge in [-0.2, -0.15) is 0 Å². The zero-order valence-corrected chi connectivity index (χ0v) is 11.2. The monoisotopic (exact) mass is 285 g/mol. The largest absolute Gasteiger partial charge is 0.481 e. The number of hydrogen-bond acceptors (Lipinski definition) is 3. The van der Waals surface area contributed by atoms with Gasteiger partial charge in [0.15, 0.2) is 11.6 Å². The molecular formula is C14H17F2NO3. The fourth-order valence-electron chi connectivity index (χ4n) is 2.62. The van der Waals surface area contributed by atoms with Crippen LogP contribution in [0.5, 0.6) is 0 Å². The molecule has 0 saturated carbocycles. The standard InChI is InChI=1S/C14H17F2NO3/c1-20-5-4-17-7-10(11(8-17)14(18)19)9-2-3-12(15)13(16)6-9/h2-3,6,10-11H,4-5,7-8H2,1H3,(H,18,19)/t10-,11+/m1/s1. The van der Waals surface area contributed by atoms with Crippen LogP contribution >= 0.6 is 0 Å². The molecule has 0 spiro atoms. The van der Waals surface area contributed by atoms with Crippen LogP contribution in [0.15, 0.2) is 18.2 Å². The second-order valence-electron chi connectivity index (χ2n) is 4.98. The Morgan fingerprint density at radius 2 is 2.15 bits per heavy atom. The van der Waals surface area contributed by atoms with Crippen molar-refractivity contribution < 1.29 is 23.4 Å². The number of halogens is 2. The summed E-state index contributed by atoms with van der Waals surface area (Å²) >= 11 is 0. The molecule has 1 aromatic carbocycles. The van der Waals surface area contributed by atoms with Crippen LogP contribution in [0.3, 0.4) is 0 Å². The lowest BCUT2D eigenvalue weighted by atomic mass is 9.89. The number of carbonyl (C=O) groups is 1. The Kier molecular flexibility index (Phi) is 4.67. The first-order valence-electron chi connectivity index (χ1n) is 6.42. The van der Waals surface area contributed by atoms with E-state index in [9.17, 15) is 18.7 Å². The van der Waals surface area contributed by atoms with Crippen LogP contribution in [-0.4, -0.2) is 49.3 Å². The van der Waals surface area contributed by atoms with Crippen molar-refractivity contribution >= 4 is 5.97 Å². The highest BCUT2D eigenvalue weighted by Gasteiger charge is 2.38. The van der Waals surface area contributed by atoms with Gasteiger partial charge in [0.25, 0.3) is 0 Å². The van der Waals surface area contributed by atoms with Crippen molar-refractivity contribution in [2.75, 3.05) is 33.4 Å². The molecule has 0 unspecified atom stereocenters. The van der Waals surface area contributed by atoms with E-state index in [1.165, 1.54) is 6.07 Å². The first-order chi connectivity index (χ1) is 9.52. The minimum Gasteiger partial charge on any atom is -0.481 e. The van der Waals surface area contributed by atoms with Crippen LogP contribution in [0.4, 0.5) is 8.78 Å². The van der Waals surface area contributed by atoms with Crippen molar-refractivity contribution in [3.63, 3.8) is 0 Å². The van der Waals surface area contributed by atoms with Gasteiger partial charge in [0.2, 0.25) is 0 Å². The summed E-state index contributed by atoms with van der Waals surface area (Å²) in [7, 11) is 1.58. The summed E-state index contributed by atoms with van der Waals surface area (Å²) in [6, 6.07) is 3.59. The number of benzene rings is 1. The first kappa shape index (κ1) is 14.9. The molecule has 1 saturated heterocycles. The summed E-state index contributed by atoms with van der Waals surface area (Å²) in [6.45, 7) is 2.03. The summed E-state index contributed by atoms with van der Waals surface area (Å²) in [6.07, 6.45) is 0. The van der Waals surface area contributed by atoms with Crippen LogP contribution in [0, 0.1) is 17.6 Å². The molecule has 1 heterocycles. The normalized spacial score (nSPS) is 23.1. The quantitative estimate of drug-likeness (QED) is 0.895. The molecule has 20 heavy (non-hydrogen) atoms. The third kappa shape index (κ3) is 3.13. The first-order valence-corrected chi connectivity index (χ1v) is 6.42. The summed E-state index contributed by atoms with van der Waals surface area (Å²) in [4.78, 5) is 13.3. The zero-order chi connectivity index (χ0) is 14.7. The average molecular weight is 285 g/mol. The van der Waals surface area contributed by atoms with Gasteiger partial charge >= 0.3 is 5.97 Å². The second kappa shape index (κ2) is 6.28. The SMILES string of the molecule is COCCN1C[C@H](C(=O)O)[C@@H](c2ccc(F)c(F)c2)C1. The van der Waals surface area contributed by atoms with Gasteiger partial charge in [0.05, 0.1) is 12.5 Å². The van der Waals surface area contributed by atoms with Crippen LogP contribution in [0.25, 0.3) is 0 Å². The van der Waals surface area contributed by atoms with Crippen molar-refractivity contribution in [1.82, 2.24) is 4.90 Å². The Hall–Kier alpha value is -1.53. The van der Waals surface area contributed by atoms with E-state index >= 15 is 0 Å². The Labute approximate surface area is 116 Å². The Bertz CT molecular complexity index is 495. The van der Waals surface area contributed by atoms with Crippen LogP contribution in [0.1, 0.15) is 11.5 Å². The van der Waals surface area contributed by atoms with Gasteiger partial charge in [0, 0.05) is 32.7 Å². The van der Waals surface area contributed by atoms with E-state index in [1.807, 2.05) is 4.90 Å². The van der Waals surface area contributed by atoms with Gasteiger partial charge in [-0.15, -0.1) is 0 Å². The maximum Gasteiger partial charge on any atom is 0.308 e. The fraction of sp³-hybridized carbons (Fsp3) is 0.500. The number of rotatable bonds is 5. The number of ether oxygens (including phenoxy) is 1. The lowest BCUT2D eigenvalue weighted by Crippen LogP contribution is -2.26. The highest BCUT2D eigenvalue weighted by atomic mass is 19.2. The van der Waals surface area contributed by atoms with Crippen LogP contribution < -0.4 is 0 Å². The number of hydrogen-bond donors (Lipinski definition) is 1. The molecule has 0 radical (unpaired) electrons. The van der Waals surface area contributed by atoms with Gasteiger partial charge < -0.3 is 9.84 Å². The molecular weight excluding hydrogens is 268 g/mol. The van der Waals surface area contributed by atoms with E-state index in [0.717, 1.165) is 12.1 Å². The number of likely N-dealkylation sites (tertiary alicyclic amines) is 1. The van der Waals surface area contributed by atoms with E-state index in [-0.39, 0.29) is 5.92 Å². The molecule has 4 nitrogen and oxygen atoms in total. The Morgan fingerprint density at radius 1 is 1.40 bits per heavy atom. The van der Waals surface area contributed by atoms with Gasteiger partial charge in [-0.25, -0.2) is 8.78 Å². The molecule has 2 atom stereocenters. The van der Waals surface area contributed by atoms with Crippen LogP contribution in [0.2, 0.25) is 0 Å². The number of nitrogens with zero attached hydrogens (tertiary/aromatic N) is 1. The molecule has 1 aliphatic rings. The number of carboxylic acid groups (broad SMARTS) is 1. The maximum atomic E-state index is 13.3. The van der Waals surface area contributed by atoms with Gasteiger partial charge in [-0.1, -0.05) is 6.07 Å².